The molecule has 0 radical (unpaired) electrons. The van der Waals surface area contributed by atoms with Crippen molar-refractivity contribution in [2.75, 3.05) is 10.0 Å². The maximum atomic E-state index is 12.8. The van der Waals surface area contributed by atoms with Crippen LogP contribution in [0.4, 0.5) is 11.4 Å². The van der Waals surface area contributed by atoms with Gasteiger partial charge in [-0.05, 0) is 49.2 Å². The van der Waals surface area contributed by atoms with Crippen molar-refractivity contribution < 1.29 is 18.0 Å². The lowest BCUT2D eigenvalue weighted by Crippen LogP contribution is -2.32. The van der Waals surface area contributed by atoms with Gasteiger partial charge in [-0.2, -0.15) is 0 Å². The fourth-order valence-corrected chi connectivity index (χ4v) is 3.88. The van der Waals surface area contributed by atoms with E-state index in [1.807, 2.05) is 13.8 Å². The number of nitrogens with one attached hydrogen (secondary N) is 3. The van der Waals surface area contributed by atoms with Crippen LogP contribution in [0.3, 0.4) is 0 Å². The number of carbonyl (C=O) groups excluding carboxylic acids is 2. The van der Waals surface area contributed by atoms with Crippen LogP contribution in [-0.4, -0.2) is 26.3 Å². The summed E-state index contributed by atoms with van der Waals surface area (Å²) >= 11 is 0. The summed E-state index contributed by atoms with van der Waals surface area (Å²) in [6.45, 7) is 3.83. The van der Waals surface area contributed by atoms with Crippen molar-refractivity contribution in [1.29, 1.82) is 0 Å². The molecule has 0 bridgehead atoms. The molecule has 0 aromatic heterocycles. The van der Waals surface area contributed by atoms with Crippen molar-refractivity contribution >= 4 is 33.2 Å². The van der Waals surface area contributed by atoms with Crippen LogP contribution >= 0.6 is 0 Å². The summed E-state index contributed by atoms with van der Waals surface area (Å²) in [4.78, 5) is 24.0. The zero-order chi connectivity index (χ0) is 19.6. The van der Waals surface area contributed by atoms with Crippen molar-refractivity contribution in [1.82, 2.24) is 5.32 Å². The van der Waals surface area contributed by atoms with Crippen LogP contribution in [0.5, 0.6) is 0 Å². The number of fused-ring (bicyclic) bond motifs is 1. The Labute approximate surface area is 158 Å². The van der Waals surface area contributed by atoms with Crippen LogP contribution in [0.25, 0.3) is 0 Å². The maximum Gasteiger partial charge on any atom is 0.261 e. The van der Waals surface area contributed by atoms with Crippen LogP contribution < -0.4 is 15.4 Å². The molecule has 3 N–H and O–H groups in total. The Bertz CT molecular complexity index is 1000. The molecule has 7 nitrogen and oxygen atoms in total. The van der Waals surface area contributed by atoms with Gasteiger partial charge < -0.3 is 10.6 Å². The second-order valence-electron chi connectivity index (χ2n) is 6.48. The Morgan fingerprint density at radius 1 is 1.22 bits per heavy atom. The number of hydrogen-bond donors (Lipinski definition) is 3. The lowest BCUT2D eigenvalue weighted by Gasteiger charge is -2.15. The van der Waals surface area contributed by atoms with Crippen molar-refractivity contribution in [3.63, 3.8) is 0 Å². The Morgan fingerprint density at radius 2 is 1.96 bits per heavy atom. The molecular formula is C19H21N3O4S. The summed E-state index contributed by atoms with van der Waals surface area (Å²) in [6, 6.07) is 10.9. The zero-order valence-electron chi connectivity index (χ0n) is 15.1. The number of hydrogen-bond acceptors (Lipinski definition) is 4. The van der Waals surface area contributed by atoms with E-state index in [1.54, 1.807) is 30.3 Å². The van der Waals surface area contributed by atoms with Gasteiger partial charge in [0, 0.05) is 11.7 Å². The molecule has 27 heavy (non-hydrogen) atoms. The zero-order valence-corrected chi connectivity index (χ0v) is 15.9. The highest BCUT2D eigenvalue weighted by molar-refractivity contribution is 7.92. The van der Waals surface area contributed by atoms with Crippen LogP contribution in [-0.2, 0) is 21.2 Å². The molecule has 0 unspecified atom stereocenters. The quantitative estimate of drug-likeness (QED) is 0.708. The predicted molar refractivity (Wildman–Crippen MR) is 103 cm³/mol. The van der Waals surface area contributed by atoms with Crippen LogP contribution in [0.1, 0.15) is 36.2 Å². The SMILES string of the molecule is CC[C@@H](C)NC(=O)c1ccccc1NS(=O)(=O)c1ccc2c(c1)CC(=O)N2. The summed E-state index contributed by atoms with van der Waals surface area (Å²) < 4.78 is 28.1. The smallest absolute Gasteiger partial charge is 0.261 e. The van der Waals surface area contributed by atoms with Crippen molar-refractivity contribution in [3.8, 4) is 0 Å². The summed E-state index contributed by atoms with van der Waals surface area (Å²) in [5, 5.41) is 5.50. The van der Waals surface area contributed by atoms with Crippen LogP contribution in [0.15, 0.2) is 47.4 Å². The van der Waals surface area contributed by atoms with E-state index in [2.05, 4.69) is 15.4 Å². The lowest BCUT2D eigenvalue weighted by atomic mass is 10.1. The third kappa shape index (κ3) is 4.11. The van der Waals surface area contributed by atoms with Crippen LogP contribution in [0.2, 0.25) is 0 Å². The van der Waals surface area contributed by atoms with Gasteiger partial charge in [-0.25, -0.2) is 8.42 Å². The third-order valence-electron chi connectivity index (χ3n) is 4.42. The van der Waals surface area contributed by atoms with Gasteiger partial charge in [-0.15, -0.1) is 0 Å². The lowest BCUT2D eigenvalue weighted by molar-refractivity contribution is -0.115. The standard InChI is InChI=1S/C19H21N3O4S/c1-3-12(2)20-19(24)15-6-4-5-7-17(15)22-27(25,26)14-8-9-16-13(10-14)11-18(23)21-16/h4-10,12,22H,3,11H2,1-2H3,(H,20,24)(H,21,23)/t12-/m1/s1. The molecule has 3 rings (SSSR count). The fraction of sp³-hybridized carbons (Fsp3) is 0.263. The minimum atomic E-state index is -3.91. The molecule has 1 atom stereocenters. The molecule has 1 aliphatic heterocycles. The summed E-state index contributed by atoms with van der Waals surface area (Å²) in [7, 11) is -3.91. The Hall–Kier alpha value is -2.87. The molecule has 0 fully saturated rings. The van der Waals surface area contributed by atoms with E-state index in [4.69, 9.17) is 0 Å². The van der Waals surface area contributed by atoms with Gasteiger partial charge in [0.15, 0.2) is 0 Å². The molecule has 2 aromatic carbocycles. The first-order chi connectivity index (χ1) is 12.8. The molecule has 0 spiro atoms. The molecule has 0 saturated carbocycles. The molecule has 0 saturated heterocycles. The average Bonchev–Trinajstić information content (AvgIpc) is 3.00. The van der Waals surface area contributed by atoms with Crippen LogP contribution in [0, 0.1) is 0 Å². The molecule has 0 aliphatic carbocycles. The highest BCUT2D eigenvalue weighted by atomic mass is 32.2. The minimum absolute atomic E-state index is 0.0242. The minimum Gasteiger partial charge on any atom is -0.350 e. The van der Waals surface area contributed by atoms with E-state index >= 15 is 0 Å². The van der Waals surface area contributed by atoms with E-state index in [9.17, 15) is 18.0 Å². The first-order valence-corrected chi connectivity index (χ1v) is 10.1. The molecule has 2 aromatic rings. The topological polar surface area (TPSA) is 104 Å². The number of anilines is 2. The molecular weight excluding hydrogens is 366 g/mol. The number of rotatable bonds is 6. The summed E-state index contributed by atoms with van der Waals surface area (Å²) in [5.74, 6) is -0.508. The molecule has 8 heteroatoms. The number of benzene rings is 2. The van der Waals surface area contributed by atoms with Gasteiger partial charge >= 0.3 is 0 Å². The van der Waals surface area contributed by atoms with E-state index in [-0.39, 0.29) is 40.4 Å². The van der Waals surface area contributed by atoms with Gasteiger partial charge in [0.05, 0.1) is 22.6 Å². The molecule has 142 valence electrons. The van der Waals surface area contributed by atoms with E-state index in [0.717, 1.165) is 6.42 Å². The highest BCUT2D eigenvalue weighted by Crippen LogP contribution is 2.27. The van der Waals surface area contributed by atoms with Crippen molar-refractivity contribution in [3.05, 3.63) is 53.6 Å². The molecule has 2 amide bonds. The second kappa shape index (κ2) is 7.40. The van der Waals surface area contributed by atoms with Gasteiger partial charge in [0.1, 0.15) is 0 Å². The van der Waals surface area contributed by atoms with Gasteiger partial charge in [-0.3, -0.25) is 14.3 Å². The first-order valence-electron chi connectivity index (χ1n) is 8.65. The number of amides is 2. The van der Waals surface area contributed by atoms with E-state index < -0.39 is 10.0 Å². The van der Waals surface area contributed by atoms with E-state index in [1.165, 1.54) is 12.1 Å². The first kappa shape index (κ1) is 18.9. The normalized spacial score (nSPS) is 14.2. The number of para-hydroxylation sites is 1. The monoisotopic (exact) mass is 387 g/mol. The number of sulfonamides is 1. The van der Waals surface area contributed by atoms with Gasteiger partial charge in [0.2, 0.25) is 5.91 Å². The molecule has 1 aliphatic rings. The van der Waals surface area contributed by atoms with Crippen molar-refractivity contribution in [2.24, 2.45) is 0 Å². The Balaban J connectivity index is 1.88. The second-order valence-corrected chi connectivity index (χ2v) is 8.16. The average molecular weight is 387 g/mol. The van der Waals surface area contributed by atoms with E-state index in [0.29, 0.717) is 11.3 Å². The highest BCUT2D eigenvalue weighted by Gasteiger charge is 2.23. The largest absolute Gasteiger partial charge is 0.350 e. The number of carbonyl (C=O) groups is 2. The molecule has 1 heterocycles. The van der Waals surface area contributed by atoms with Crippen molar-refractivity contribution in [2.45, 2.75) is 37.6 Å². The maximum absolute atomic E-state index is 12.8. The van der Waals surface area contributed by atoms with Gasteiger partial charge in [-0.1, -0.05) is 19.1 Å². The Kier molecular flexibility index (Phi) is 5.18. The summed E-state index contributed by atoms with van der Waals surface area (Å²) in [5.41, 5.74) is 1.70. The van der Waals surface area contributed by atoms with Gasteiger partial charge in [0.25, 0.3) is 15.9 Å². The predicted octanol–water partition coefficient (Wildman–Crippen LogP) is 2.51. The fourth-order valence-electron chi connectivity index (χ4n) is 2.75. The Morgan fingerprint density at radius 3 is 2.70 bits per heavy atom. The third-order valence-corrected chi connectivity index (χ3v) is 5.78. The summed E-state index contributed by atoms with van der Waals surface area (Å²) in [6.07, 6.45) is 0.911.